The van der Waals surface area contributed by atoms with E-state index >= 15 is 0 Å². The van der Waals surface area contributed by atoms with E-state index in [9.17, 15) is 5.11 Å². The molecule has 22 heavy (non-hydrogen) atoms. The second kappa shape index (κ2) is 6.69. The Morgan fingerprint density at radius 2 is 1.55 bits per heavy atom. The molecule has 1 N–H and O–H groups in total. The van der Waals surface area contributed by atoms with Crippen molar-refractivity contribution < 1.29 is 9.94 Å². The number of rotatable bonds is 3. The number of hydrogen-bond donors (Lipinski definition) is 1. The van der Waals surface area contributed by atoms with Crippen molar-refractivity contribution in [1.29, 1.82) is 0 Å². The zero-order valence-electron chi connectivity index (χ0n) is 14.7. The van der Waals surface area contributed by atoms with Crippen LogP contribution < -0.4 is 0 Å². The summed E-state index contributed by atoms with van der Waals surface area (Å²) in [6.07, 6.45) is 3.36. The Hall–Kier alpha value is -0.900. The minimum Gasteiger partial charge on any atom is -0.393 e. The van der Waals surface area contributed by atoms with Crippen LogP contribution in [0.15, 0.2) is 30.3 Å². The molecule has 2 rings (SSSR count). The molecule has 1 aromatic rings. The van der Waals surface area contributed by atoms with Gasteiger partial charge < -0.3 is 5.11 Å². The first-order valence-electron chi connectivity index (χ1n) is 8.42. The summed E-state index contributed by atoms with van der Waals surface area (Å²) in [6, 6.07) is 10.4. The lowest BCUT2D eigenvalue weighted by Gasteiger charge is -2.50. The van der Waals surface area contributed by atoms with E-state index in [2.05, 4.69) is 63.9 Å². The Kier molecular flexibility index (Phi) is 5.31. The predicted molar refractivity (Wildman–Crippen MR) is 90.4 cm³/mol. The molecule has 0 bridgehead atoms. The first-order chi connectivity index (χ1) is 10.2. The maximum atomic E-state index is 10.1. The van der Waals surface area contributed by atoms with Crippen molar-refractivity contribution in [3.8, 4) is 0 Å². The number of aliphatic hydroxyl groups is 1. The van der Waals surface area contributed by atoms with Gasteiger partial charge in [-0.1, -0.05) is 30.3 Å². The van der Waals surface area contributed by atoms with E-state index in [1.807, 2.05) is 6.07 Å². The van der Waals surface area contributed by atoms with Crippen LogP contribution in [0.5, 0.6) is 0 Å². The summed E-state index contributed by atoms with van der Waals surface area (Å²) in [6.45, 7) is 11.0. The summed E-state index contributed by atoms with van der Waals surface area (Å²) in [5.74, 6) is 0. The first-order valence-corrected chi connectivity index (χ1v) is 8.42. The van der Waals surface area contributed by atoms with Crippen molar-refractivity contribution in [2.75, 3.05) is 0 Å². The summed E-state index contributed by atoms with van der Waals surface area (Å²) in [4.78, 5) is 6.43. The quantitative estimate of drug-likeness (QED) is 0.894. The van der Waals surface area contributed by atoms with Crippen LogP contribution in [0.4, 0.5) is 0 Å². The molecule has 1 aromatic carbocycles. The number of aliphatic hydroxyl groups excluding tert-OH is 1. The molecular weight excluding hydrogens is 274 g/mol. The van der Waals surface area contributed by atoms with Crippen molar-refractivity contribution in [2.24, 2.45) is 0 Å². The van der Waals surface area contributed by atoms with E-state index in [0.717, 1.165) is 25.7 Å². The summed E-state index contributed by atoms with van der Waals surface area (Å²) in [5, 5.41) is 12.2. The molecule has 0 amide bonds. The molecule has 0 aromatic heterocycles. The summed E-state index contributed by atoms with van der Waals surface area (Å²) in [5.41, 5.74) is 0.984. The summed E-state index contributed by atoms with van der Waals surface area (Å²) in [7, 11) is 0. The SMILES string of the molecule is CC(ON1C(C)(C)CCC(O)CCC1(C)C)c1ccccc1. The van der Waals surface area contributed by atoms with Crippen molar-refractivity contribution >= 4 is 0 Å². The lowest BCUT2D eigenvalue weighted by atomic mass is 9.84. The largest absolute Gasteiger partial charge is 0.393 e. The van der Waals surface area contributed by atoms with E-state index in [0.29, 0.717) is 0 Å². The Morgan fingerprint density at radius 3 is 2.05 bits per heavy atom. The Balaban J connectivity index is 2.20. The predicted octanol–water partition coefficient (Wildman–Crippen LogP) is 4.47. The van der Waals surface area contributed by atoms with Crippen LogP contribution in [0.3, 0.4) is 0 Å². The van der Waals surface area contributed by atoms with E-state index < -0.39 is 0 Å². The van der Waals surface area contributed by atoms with E-state index in [1.54, 1.807) is 0 Å². The van der Waals surface area contributed by atoms with Crippen LogP contribution >= 0.6 is 0 Å². The minimum absolute atomic E-state index is 0.0177. The highest BCUT2D eigenvalue weighted by Gasteiger charge is 2.41. The Bertz CT molecular complexity index is 450. The average Bonchev–Trinajstić information content (AvgIpc) is 2.48. The van der Waals surface area contributed by atoms with Crippen LogP contribution in [0.1, 0.15) is 72.0 Å². The molecule has 0 radical (unpaired) electrons. The first kappa shape index (κ1) is 17.5. The van der Waals surface area contributed by atoms with Gasteiger partial charge in [-0.05, 0) is 65.9 Å². The number of benzene rings is 1. The van der Waals surface area contributed by atoms with Gasteiger partial charge in [0.05, 0.1) is 6.10 Å². The molecule has 3 nitrogen and oxygen atoms in total. The van der Waals surface area contributed by atoms with Gasteiger partial charge in [0.1, 0.15) is 6.10 Å². The van der Waals surface area contributed by atoms with Gasteiger partial charge >= 0.3 is 0 Å². The highest BCUT2D eigenvalue weighted by Crippen LogP contribution is 2.38. The molecule has 1 unspecified atom stereocenters. The lowest BCUT2D eigenvalue weighted by molar-refractivity contribution is -0.297. The van der Waals surface area contributed by atoms with Gasteiger partial charge in [0, 0.05) is 11.1 Å². The molecular formula is C19H31NO2. The highest BCUT2D eigenvalue weighted by molar-refractivity contribution is 5.16. The second-order valence-corrected chi connectivity index (χ2v) is 7.81. The smallest absolute Gasteiger partial charge is 0.102 e. The topological polar surface area (TPSA) is 32.7 Å². The Labute approximate surface area is 135 Å². The molecule has 1 atom stereocenters. The molecule has 0 aliphatic carbocycles. The van der Waals surface area contributed by atoms with Crippen LogP contribution in [0, 0.1) is 0 Å². The van der Waals surface area contributed by atoms with Gasteiger partial charge in [0.15, 0.2) is 0 Å². The molecule has 1 fully saturated rings. The van der Waals surface area contributed by atoms with E-state index in [1.165, 1.54) is 5.56 Å². The zero-order chi connectivity index (χ0) is 16.4. The van der Waals surface area contributed by atoms with Crippen molar-refractivity contribution in [2.45, 2.75) is 83.6 Å². The van der Waals surface area contributed by atoms with Gasteiger partial charge in [-0.15, -0.1) is 0 Å². The fraction of sp³-hybridized carbons (Fsp3) is 0.684. The molecule has 1 aliphatic heterocycles. The fourth-order valence-electron chi connectivity index (χ4n) is 3.43. The molecule has 3 heteroatoms. The van der Waals surface area contributed by atoms with Gasteiger partial charge in [-0.2, -0.15) is 5.06 Å². The maximum absolute atomic E-state index is 10.1. The lowest BCUT2D eigenvalue weighted by Crippen LogP contribution is -2.57. The number of hydrogen-bond acceptors (Lipinski definition) is 3. The van der Waals surface area contributed by atoms with Gasteiger partial charge in [0.2, 0.25) is 0 Å². The fourth-order valence-corrected chi connectivity index (χ4v) is 3.43. The Morgan fingerprint density at radius 1 is 1.05 bits per heavy atom. The van der Waals surface area contributed by atoms with Gasteiger partial charge in [0.25, 0.3) is 0 Å². The van der Waals surface area contributed by atoms with Crippen LogP contribution in [0.25, 0.3) is 0 Å². The van der Waals surface area contributed by atoms with Crippen LogP contribution in [-0.2, 0) is 4.84 Å². The van der Waals surface area contributed by atoms with Gasteiger partial charge in [-0.3, -0.25) is 4.84 Å². The van der Waals surface area contributed by atoms with Crippen LogP contribution in [0.2, 0.25) is 0 Å². The average molecular weight is 305 g/mol. The third-order valence-electron chi connectivity index (χ3n) is 4.81. The number of nitrogens with zero attached hydrogens (tertiary/aromatic N) is 1. The third-order valence-corrected chi connectivity index (χ3v) is 4.81. The molecule has 124 valence electrons. The van der Waals surface area contributed by atoms with Crippen molar-refractivity contribution in [3.63, 3.8) is 0 Å². The maximum Gasteiger partial charge on any atom is 0.102 e. The van der Waals surface area contributed by atoms with E-state index in [4.69, 9.17) is 4.84 Å². The summed E-state index contributed by atoms with van der Waals surface area (Å²) >= 11 is 0. The van der Waals surface area contributed by atoms with Crippen LogP contribution in [-0.4, -0.2) is 27.4 Å². The number of hydroxylamine groups is 2. The van der Waals surface area contributed by atoms with Gasteiger partial charge in [-0.25, -0.2) is 0 Å². The minimum atomic E-state index is -0.188. The highest BCUT2D eigenvalue weighted by atomic mass is 16.7. The molecule has 1 saturated heterocycles. The second-order valence-electron chi connectivity index (χ2n) is 7.81. The standard InChI is InChI=1S/C19H31NO2/c1-15(16-9-7-6-8-10-16)22-20-18(2,3)13-11-17(21)12-14-19(20,4)5/h6-10,15,17,21H,11-14H2,1-5H3. The molecule has 0 saturated carbocycles. The van der Waals surface area contributed by atoms with Crippen molar-refractivity contribution in [1.82, 2.24) is 5.06 Å². The van der Waals surface area contributed by atoms with E-state index in [-0.39, 0.29) is 23.3 Å². The summed E-state index contributed by atoms with van der Waals surface area (Å²) < 4.78 is 0. The zero-order valence-corrected chi connectivity index (χ0v) is 14.7. The normalized spacial score (nSPS) is 24.5. The molecule has 1 heterocycles. The molecule has 0 spiro atoms. The molecule has 1 aliphatic rings. The monoisotopic (exact) mass is 305 g/mol. The third kappa shape index (κ3) is 4.09. The van der Waals surface area contributed by atoms with Crippen molar-refractivity contribution in [3.05, 3.63) is 35.9 Å².